The van der Waals surface area contributed by atoms with Gasteiger partial charge < -0.3 is 5.11 Å². The third-order valence-corrected chi connectivity index (χ3v) is 4.16. The van der Waals surface area contributed by atoms with E-state index in [1.165, 1.54) is 0 Å². The highest BCUT2D eigenvalue weighted by Gasteiger charge is 2.15. The SMILES string of the molecule is Cc1ccccc1-c1cc(C(=O)O)c2ccc(C)c(C)c2n1. The second kappa shape index (κ2) is 5.26. The second-order valence-corrected chi connectivity index (χ2v) is 5.58. The minimum atomic E-state index is -0.925. The van der Waals surface area contributed by atoms with E-state index in [9.17, 15) is 9.90 Å². The number of hydrogen-bond donors (Lipinski definition) is 1. The molecule has 110 valence electrons. The number of benzene rings is 2. The Morgan fingerprint density at radius 2 is 1.73 bits per heavy atom. The van der Waals surface area contributed by atoms with Crippen LogP contribution in [0.4, 0.5) is 0 Å². The van der Waals surface area contributed by atoms with Crippen molar-refractivity contribution in [2.45, 2.75) is 20.8 Å². The van der Waals surface area contributed by atoms with Crippen molar-refractivity contribution in [2.75, 3.05) is 0 Å². The molecule has 0 atom stereocenters. The number of aromatic carboxylic acids is 1. The predicted octanol–water partition coefficient (Wildman–Crippen LogP) is 4.53. The van der Waals surface area contributed by atoms with E-state index in [0.29, 0.717) is 16.6 Å². The Kier molecular flexibility index (Phi) is 3.41. The van der Waals surface area contributed by atoms with Gasteiger partial charge in [-0.1, -0.05) is 36.4 Å². The normalized spacial score (nSPS) is 10.9. The number of hydrogen-bond acceptors (Lipinski definition) is 2. The second-order valence-electron chi connectivity index (χ2n) is 5.58. The number of carbonyl (C=O) groups is 1. The van der Waals surface area contributed by atoms with Crippen LogP contribution in [0.15, 0.2) is 42.5 Å². The maximum absolute atomic E-state index is 11.7. The molecule has 0 unspecified atom stereocenters. The number of fused-ring (bicyclic) bond motifs is 1. The average Bonchev–Trinajstić information content (AvgIpc) is 2.50. The molecule has 0 aliphatic rings. The Bertz CT molecular complexity index is 897. The molecule has 0 saturated carbocycles. The summed E-state index contributed by atoms with van der Waals surface area (Å²) in [7, 11) is 0. The highest BCUT2D eigenvalue weighted by atomic mass is 16.4. The van der Waals surface area contributed by atoms with Crippen molar-refractivity contribution in [3.05, 3.63) is 64.7 Å². The van der Waals surface area contributed by atoms with Gasteiger partial charge in [-0.25, -0.2) is 9.78 Å². The van der Waals surface area contributed by atoms with Crippen LogP contribution in [0.5, 0.6) is 0 Å². The summed E-state index contributed by atoms with van der Waals surface area (Å²) < 4.78 is 0. The molecule has 0 aliphatic heterocycles. The largest absolute Gasteiger partial charge is 0.478 e. The van der Waals surface area contributed by atoms with Crippen molar-refractivity contribution in [3.63, 3.8) is 0 Å². The average molecular weight is 291 g/mol. The first-order chi connectivity index (χ1) is 10.5. The topological polar surface area (TPSA) is 50.2 Å². The fourth-order valence-corrected chi connectivity index (χ4v) is 2.70. The van der Waals surface area contributed by atoms with Crippen LogP contribution in [-0.4, -0.2) is 16.1 Å². The van der Waals surface area contributed by atoms with Crippen LogP contribution >= 0.6 is 0 Å². The van der Waals surface area contributed by atoms with E-state index in [1.807, 2.05) is 57.2 Å². The molecular formula is C19H17NO2. The van der Waals surface area contributed by atoms with Gasteiger partial charge in [-0.3, -0.25) is 0 Å². The molecule has 1 N–H and O–H groups in total. The summed E-state index contributed by atoms with van der Waals surface area (Å²) in [4.78, 5) is 16.4. The zero-order valence-corrected chi connectivity index (χ0v) is 12.8. The summed E-state index contributed by atoms with van der Waals surface area (Å²) in [5, 5.41) is 10.2. The molecule has 0 spiro atoms. The van der Waals surface area contributed by atoms with E-state index in [-0.39, 0.29) is 0 Å². The van der Waals surface area contributed by atoms with Gasteiger partial charge in [0, 0.05) is 10.9 Å². The van der Waals surface area contributed by atoms with E-state index in [1.54, 1.807) is 6.07 Å². The quantitative estimate of drug-likeness (QED) is 0.755. The van der Waals surface area contributed by atoms with Crippen LogP contribution in [0.1, 0.15) is 27.0 Å². The Labute approximate surface area is 129 Å². The predicted molar refractivity (Wildman–Crippen MR) is 88.3 cm³/mol. The zero-order chi connectivity index (χ0) is 15.9. The number of nitrogens with zero attached hydrogens (tertiary/aromatic N) is 1. The lowest BCUT2D eigenvalue weighted by molar-refractivity contribution is 0.0699. The first-order valence-electron chi connectivity index (χ1n) is 7.19. The van der Waals surface area contributed by atoms with Gasteiger partial charge in [0.05, 0.1) is 16.8 Å². The summed E-state index contributed by atoms with van der Waals surface area (Å²) in [6.45, 7) is 6.00. The molecule has 0 aliphatic carbocycles. The fourth-order valence-electron chi connectivity index (χ4n) is 2.70. The summed E-state index contributed by atoms with van der Waals surface area (Å²) in [6, 6.07) is 13.3. The minimum absolute atomic E-state index is 0.298. The smallest absolute Gasteiger partial charge is 0.336 e. The molecule has 0 radical (unpaired) electrons. The monoisotopic (exact) mass is 291 g/mol. The highest BCUT2D eigenvalue weighted by molar-refractivity contribution is 6.04. The van der Waals surface area contributed by atoms with Crippen LogP contribution in [0.3, 0.4) is 0 Å². The molecule has 0 bridgehead atoms. The van der Waals surface area contributed by atoms with Gasteiger partial charge in [0.2, 0.25) is 0 Å². The van der Waals surface area contributed by atoms with Crippen LogP contribution < -0.4 is 0 Å². The van der Waals surface area contributed by atoms with Gasteiger partial charge in [0.15, 0.2) is 0 Å². The number of rotatable bonds is 2. The number of aromatic nitrogens is 1. The molecule has 1 aromatic heterocycles. The van der Waals surface area contributed by atoms with Crippen molar-refractivity contribution in [2.24, 2.45) is 0 Å². The van der Waals surface area contributed by atoms with Gasteiger partial charge >= 0.3 is 5.97 Å². The number of pyridine rings is 1. The maximum atomic E-state index is 11.7. The van der Waals surface area contributed by atoms with E-state index in [0.717, 1.165) is 27.8 Å². The van der Waals surface area contributed by atoms with Gasteiger partial charge in [-0.2, -0.15) is 0 Å². The molecular weight excluding hydrogens is 274 g/mol. The Morgan fingerprint density at radius 3 is 2.41 bits per heavy atom. The zero-order valence-electron chi connectivity index (χ0n) is 12.8. The van der Waals surface area contributed by atoms with E-state index in [2.05, 4.69) is 0 Å². The van der Waals surface area contributed by atoms with Crippen molar-refractivity contribution >= 4 is 16.9 Å². The Morgan fingerprint density at radius 1 is 1.00 bits per heavy atom. The molecule has 0 saturated heterocycles. The molecule has 0 fully saturated rings. The fraction of sp³-hybridized carbons (Fsp3) is 0.158. The van der Waals surface area contributed by atoms with Crippen LogP contribution in [0.2, 0.25) is 0 Å². The Hall–Kier alpha value is -2.68. The summed E-state index contributed by atoms with van der Waals surface area (Å²) in [5.41, 5.74) is 5.94. The van der Waals surface area contributed by atoms with Gasteiger partial charge in [-0.15, -0.1) is 0 Å². The highest BCUT2D eigenvalue weighted by Crippen LogP contribution is 2.29. The Balaban J connectivity index is 2.41. The molecule has 3 rings (SSSR count). The molecule has 2 aromatic carbocycles. The minimum Gasteiger partial charge on any atom is -0.478 e. The van der Waals surface area contributed by atoms with Crippen molar-refractivity contribution in [1.29, 1.82) is 0 Å². The molecule has 3 aromatic rings. The standard InChI is InChI=1S/C19H17NO2/c1-11-8-9-15-16(19(21)22)10-17(20-18(15)13(11)3)14-7-5-4-6-12(14)2/h4-10H,1-3H3,(H,21,22). The summed E-state index contributed by atoms with van der Waals surface area (Å²) in [6.07, 6.45) is 0. The lowest BCUT2D eigenvalue weighted by Gasteiger charge is -2.12. The van der Waals surface area contributed by atoms with Gasteiger partial charge in [0.25, 0.3) is 0 Å². The third-order valence-electron chi connectivity index (χ3n) is 4.16. The lowest BCUT2D eigenvalue weighted by Crippen LogP contribution is -2.02. The van der Waals surface area contributed by atoms with Crippen LogP contribution in [-0.2, 0) is 0 Å². The van der Waals surface area contributed by atoms with E-state index in [4.69, 9.17) is 4.98 Å². The summed E-state index contributed by atoms with van der Waals surface area (Å²) in [5.74, 6) is -0.925. The van der Waals surface area contributed by atoms with Crippen molar-refractivity contribution in [1.82, 2.24) is 4.98 Å². The first kappa shape index (κ1) is 14.3. The van der Waals surface area contributed by atoms with Crippen molar-refractivity contribution in [3.8, 4) is 11.3 Å². The van der Waals surface area contributed by atoms with Crippen molar-refractivity contribution < 1.29 is 9.90 Å². The number of aryl methyl sites for hydroxylation is 3. The number of carboxylic acid groups (broad SMARTS) is 1. The summed E-state index contributed by atoms with van der Waals surface area (Å²) >= 11 is 0. The van der Waals surface area contributed by atoms with Crippen LogP contribution in [0, 0.1) is 20.8 Å². The molecule has 3 nitrogen and oxygen atoms in total. The van der Waals surface area contributed by atoms with E-state index < -0.39 is 5.97 Å². The van der Waals surface area contributed by atoms with Gasteiger partial charge in [-0.05, 0) is 43.5 Å². The molecule has 22 heavy (non-hydrogen) atoms. The van der Waals surface area contributed by atoms with Gasteiger partial charge in [0.1, 0.15) is 0 Å². The lowest BCUT2D eigenvalue weighted by atomic mass is 9.98. The van der Waals surface area contributed by atoms with E-state index >= 15 is 0 Å². The van der Waals surface area contributed by atoms with Crippen LogP contribution in [0.25, 0.3) is 22.2 Å². The first-order valence-corrected chi connectivity index (χ1v) is 7.19. The maximum Gasteiger partial charge on any atom is 0.336 e. The number of carboxylic acids is 1. The molecule has 1 heterocycles. The molecule has 3 heteroatoms. The third kappa shape index (κ3) is 2.25. The molecule has 0 amide bonds.